The SMILES string of the molecule is C1CNCC(CSC2COC2)C1. The number of nitrogens with one attached hydrogen (secondary N) is 1. The monoisotopic (exact) mass is 187 g/mol. The molecule has 2 saturated heterocycles. The van der Waals surface area contributed by atoms with Crippen molar-refractivity contribution in [1.82, 2.24) is 5.32 Å². The van der Waals surface area contributed by atoms with Crippen molar-refractivity contribution in [2.45, 2.75) is 18.1 Å². The highest BCUT2D eigenvalue weighted by Crippen LogP contribution is 2.24. The van der Waals surface area contributed by atoms with Gasteiger partial charge in [0.1, 0.15) is 0 Å². The number of hydrogen-bond acceptors (Lipinski definition) is 3. The molecule has 0 aromatic heterocycles. The second kappa shape index (κ2) is 4.49. The summed E-state index contributed by atoms with van der Waals surface area (Å²) in [6.45, 7) is 4.45. The van der Waals surface area contributed by atoms with Crippen molar-refractivity contribution in [3.63, 3.8) is 0 Å². The van der Waals surface area contributed by atoms with Gasteiger partial charge < -0.3 is 10.1 Å². The largest absolute Gasteiger partial charge is 0.379 e. The summed E-state index contributed by atoms with van der Waals surface area (Å²) in [5, 5.41) is 4.26. The van der Waals surface area contributed by atoms with Crippen molar-refractivity contribution in [2.75, 3.05) is 32.1 Å². The highest BCUT2D eigenvalue weighted by atomic mass is 32.2. The molecule has 2 fully saturated rings. The zero-order chi connectivity index (χ0) is 8.23. The molecule has 2 rings (SSSR count). The molecule has 0 amide bonds. The number of ether oxygens (including phenoxy) is 1. The summed E-state index contributed by atoms with van der Waals surface area (Å²) in [5.41, 5.74) is 0. The van der Waals surface area contributed by atoms with Crippen LogP contribution in [-0.2, 0) is 4.74 Å². The molecule has 2 nitrogen and oxygen atoms in total. The first-order valence-corrected chi connectivity index (χ1v) is 5.90. The molecule has 2 aliphatic heterocycles. The van der Waals surface area contributed by atoms with Crippen molar-refractivity contribution in [3.8, 4) is 0 Å². The quantitative estimate of drug-likeness (QED) is 0.715. The van der Waals surface area contributed by atoms with Crippen molar-refractivity contribution in [2.24, 2.45) is 5.92 Å². The fourth-order valence-corrected chi connectivity index (χ4v) is 2.86. The standard InChI is InChI=1S/C9H17NOS/c1-2-8(4-10-3-1)7-12-9-5-11-6-9/h8-10H,1-7H2. The fraction of sp³-hybridized carbons (Fsp3) is 1.00. The summed E-state index contributed by atoms with van der Waals surface area (Å²) in [4.78, 5) is 0. The summed E-state index contributed by atoms with van der Waals surface area (Å²) in [7, 11) is 0. The molecular weight excluding hydrogens is 170 g/mol. The van der Waals surface area contributed by atoms with Crippen LogP contribution in [0.2, 0.25) is 0 Å². The van der Waals surface area contributed by atoms with Crippen LogP contribution in [0.15, 0.2) is 0 Å². The Morgan fingerprint density at radius 2 is 2.33 bits per heavy atom. The van der Waals surface area contributed by atoms with Gasteiger partial charge in [0.25, 0.3) is 0 Å². The molecule has 3 heteroatoms. The Balaban J connectivity index is 1.58. The predicted octanol–water partition coefficient (Wildman–Crippen LogP) is 1.12. The van der Waals surface area contributed by atoms with Gasteiger partial charge in [-0.3, -0.25) is 0 Å². The van der Waals surface area contributed by atoms with Gasteiger partial charge in [0.05, 0.1) is 18.5 Å². The lowest BCUT2D eigenvalue weighted by molar-refractivity contribution is 0.0454. The Morgan fingerprint density at radius 1 is 1.42 bits per heavy atom. The number of rotatable bonds is 3. The van der Waals surface area contributed by atoms with E-state index >= 15 is 0 Å². The molecule has 0 aromatic rings. The molecule has 2 aliphatic rings. The molecule has 0 spiro atoms. The van der Waals surface area contributed by atoms with E-state index in [1.54, 1.807) is 0 Å². The van der Waals surface area contributed by atoms with Gasteiger partial charge in [-0.25, -0.2) is 0 Å². The first kappa shape index (κ1) is 8.85. The Bertz CT molecular complexity index is 132. The Hall–Kier alpha value is 0.270. The van der Waals surface area contributed by atoms with Crippen LogP contribution in [0.1, 0.15) is 12.8 Å². The zero-order valence-electron chi connectivity index (χ0n) is 7.42. The minimum Gasteiger partial charge on any atom is -0.379 e. The second-order valence-electron chi connectivity index (χ2n) is 3.71. The van der Waals surface area contributed by atoms with Gasteiger partial charge >= 0.3 is 0 Å². The van der Waals surface area contributed by atoms with Crippen LogP contribution in [0.3, 0.4) is 0 Å². The van der Waals surface area contributed by atoms with E-state index in [1.165, 1.54) is 31.7 Å². The van der Waals surface area contributed by atoms with Gasteiger partial charge in [0.15, 0.2) is 0 Å². The summed E-state index contributed by atoms with van der Waals surface area (Å²) in [5.74, 6) is 2.26. The molecule has 0 aromatic carbocycles. The average molecular weight is 187 g/mol. The van der Waals surface area contributed by atoms with Crippen LogP contribution >= 0.6 is 11.8 Å². The molecule has 12 heavy (non-hydrogen) atoms. The third-order valence-corrected chi connectivity index (χ3v) is 3.98. The maximum absolute atomic E-state index is 5.14. The van der Waals surface area contributed by atoms with Crippen molar-refractivity contribution < 1.29 is 4.74 Å². The van der Waals surface area contributed by atoms with Gasteiger partial charge in [-0.15, -0.1) is 0 Å². The molecule has 0 aliphatic carbocycles. The van der Waals surface area contributed by atoms with E-state index in [-0.39, 0.29) is 0 Å². The molecule has 70 valence electrons. The maximum Gasteiger partial charge on any atom is 0.0607 e. The number of thioether (sulfide) groups is 1. The van der Waals surface area contributed by atoms with E-state index in [1.807, 2.05) is 0 Å². The second-order valence-corrected chi connectivity index (χ2v) is 5.04. The Morgan fingerprint density at radius 3 is 2.92 bits per heavy atom. The first-order chi connectivity index (χ1) is 5.95. The molecular formula is C9H17NOS. The summed E-state index contributed by atoms with van der Waals surface area (Å²) >= 11 is 2.10. The molecule has 1 unspecified atom stereocenters. The van der Waals surface area contributed by atoms with E-state index in [2.05, 4.69) is 17.1 Å². The highest BCUT2D eigenvalue weighted by Gasteiger charge is 2.21. The van der Waals surface area contributed by atoms with E-state index in [4.69, 9.17) is 4.74 Å². The normalized spacial score (nSPS) is 31.5. The van der Waals surface area contributed by atoms with Crippen LogP contribution < -0.4 is 5.32 Å². The van der Waals surface area contributed by atoms with Gasteiger partial charge in [0.2, 0.25) is 0 Å². The molecule has 1 N–H and O–H groups in total. The molecule has 0 radical (unpaired) electrons. The third-order valence-electron chi connectivity index (χ3n) is 2.57. The van der Waals surface area contributed by atoms with Crippen LogP contribution in [-0.4, -0.2) is 37.3 Å². The average Bonchev–Trinajstić information content (AvgIpc) is 2.04. The summed E-state index contributed by atoms with van der Waals surface area (Å²) in [6, 6.07) is 0. The Kier molecular flexibility index (Phi) is 3.31. The highest BCUT2D eigenvalue weighted by molar-refractivity contribution is 8.00. The number of piperidine rings is 1. The van der Waals surface area contributed by atoms with Crippen LogP contribution in [0, 0.1) is 5.92 Å². The van der Waals surface area contributed by atoms with Crippen LogP contribution in [0.4, 0.5) is 0 Å². The molecule has 1 atom stereocenters. The topological polar surface area (TPSA) is 21.3 Å². The lowest BCUT2D eigenvalue weighted by Gasteiger charge is -2.28. The van der Waals surface area contributed by atoms with Crippen LogP contribution in [0.25, 0.3) is 0 Å². The van der Waals surface area contributed by atoms with Gasteiger partial charge in [-0.05, 0) is 37.6 Å². The van der Waals surface area contributed by atoms with E-state index in [0.29, 0.717) is 0 Å². The van der Waals surface area contributed by atoms with Gasteiger partial charge in [-0.1, -0.05) is 0 Å². The predicted molar refractivity (Wildman–Crippen MR) is 52.7 cm³/mol. The zero-order valence-corrected chi connectivity index (χ0v) is 8.24. The minimum atomic E-state index is 0.812. The molecule has 0 saturated carbocycles. The Labute approximate surface area is 78.4 Å². The fourth-order valence-electron chi connectivity index (χ4n) is 1.65. The van der Waals surface area contributed by atoms with Crippen molar-refractivity contribution >= 4 is 11.8 Å². The van der Waals surface area contributed by atoms with Gasteiger partial charge in [-0.2, -0.15) is 11.8 Å². The summed E-state index contributed by atoms with van der Waals surface area (Å²) in [6.07, 6.45) is 2.79. The lowest BCUT2D eigenvalue weighted by atomic mass is 10.0. The summed E-state index contributed by atoms with van der Waals surface area (Å²) < 4.78 is 5.14. The van der Waals surface area contributed by atoms with Crippen LogP contribution in [0.5, 0.6) is 0 Å². The maximum atomic E-state index is 5.14. The van der Waals surface area contributed by atoms with Crippen molar-refractivity contribution in [1.29, 1.82) is 0 Å². The third kappa shape index (κ3) is 2.38. The van der Waals surface area contributed by atoms with E-state index in [9.17, 15) is 0 Å². The first-order valence-electron chi connectivity index (χ1n) is 4.85. The smallest absolute Gasteiger partial charge is 0.0607 e. The molecule has 2 heterocycles. The van der Waals surface area contributed by atoms with Crippen molar-refractivity contribution in [3.05, 3.63) is 0 Å². The van der Waals surface area contributed by atoms with E-state index in [0.717, 1.165) is 24.4 Å². The van der Waals surface area contributed by atoms with E-state index < -0.39 is 0 Å². The minimum absolute atomic E-state index is 0.812. The lowest BCUT2D eigenvalue weighted by Crippen LogP contribution is -2.34. The number of hydrogen-bond donors (Lipinski definition) is 1. The molecule has 0 bridgehead atoms. The van der Waals surface area contributed by atoms with Gasteiger partial charge in [0, 0.05) is 0 Å².